The molecule has 2 rings (SSSR count). The van der Waals surface area contributed by atoms with Gasteiger partial charge in [-0.05, 0) is 46.3 Å². The van der Waals surface area contributed by atoms with E-state index in [-0.39, 0.29) is 0 Å². The fourth-order valence-corrected chi connectivity index (χ4v) is 1.73. The lowest BCUT2D eigenvalue weighted by molar-refractivity contribution is 1.08. The fourth-order valence-electron chi connectivity index (χ4n) is 1.30. The normalized spacial score (nSPS) is 15.7. The number of hydrogen-bond acceptors (Lipinski definition) is 2. The Hall–Kier alpha value is -0.880. The molecule has 1 aliphatic carbocycles. The van der Waals surface area contributed by atoms with Gasteiger partial charge in [-0.15, -0.1) is 0 Å². The molecule has 0 aliphatic heterocycles. The Bertz CT molecular complexity index is 350. The number of nitriles is 1. The molecule has 1 aromatic heterocycles. The number of halogens is 1. The minimum Gasteiger partial charge on any atom is -0.248 e. The zero-order valence-electron chi connectivity index (χ0n) is 6.42. The van der Waals surface area contributed by atoms with Crippen molar-refractivity contribution in [3.8, 4) is 6.07 Å². The molecule has 0 aromatic carbocycles. The zero-order valence-corrected chi connectivity index (χ0v) is 8.00. The molecule has 1 aromatic rings. The van der Waals surface area contributed by atoms with Crippen molar-refractivity contribution in [1.29, 1.82) is 5.26 Å². The molecular formula is C9H7BrN2. The summed E-state index contributed by atoms with van der Waals surface area (Å²) in [7, 11) is 0. The predicted molar refractivity (Wildman–Crippen MR) is 48.6 cm³/mol. The molecule has 0 amide bonds. The quantitative estimate of drug-likeness (QED) is 0.686. The van der Waals surface area contributed by atoms with E-state index in [1.807, 2.05) is 6.07 Å². The van der Waals surface area contributed by atoms with E-state index in [9.17, 15) is 0 Å². The van der Waals surface area contributed by atoms with E-state index in [2.05, 4.69) is 27.0 Å². The van der Waals surface area contributed by atoms with Crippen LogP contribution in [0, 0.1) is 11.3 Å². The molecule has 0 radical (unpaired) electrons. The molecular weight excluding hydrogens is 216 g/mol. The van der Waals surface area contributed by atoms with Crippen molar-refractivity contribution in [1.82, 2.24) is 4.98 Å². The first kappa shape index (κ1) is 7.75. The van der Waals surface area contributed by atoms with E-state index in [0.717, 1.165) is 5.56 Å². The van der Waals surface area contributed by atoms with Gasteiger partial charge in [-0.1, -0.05) is 0 Å². The summed E-state index contributed by atoms with van der Waals surface area (Å²) in [6.45, 7) is 0. The molecule has 1 aliphatic rings. The molecule has 1 heterocycles. The molecule has 0 unspecified atom stereocenters. The highest BCUT2D eigenvalue weighted by Gasteiger charge is 2.26. The molecule has 1 fully saturated rings. The Morgan fingerprint density at radius 2 is 2.33 bits per heavy atom. The lowest BCUT2D eigenvalue weighted by atomic mass is 10.1. The van der Waals surface area contributed by atoms with Gasteiger partial charge in [-0.25, -0.2) is 4.98 Å². The second kappa shape index (κ2) is 2.87. The van der Waals surface area contributed by atoms with Gasteiger partial charge in [0.05, 0.1) is 5.56 Å². The molecule has 3 heteroatoms. The van der Waals surface area contributed by atoms with Crippen molar-refractivity contribution in [3.63, 3.8) is 0 Å². The van der Waals surface area contributed by atoms with Crippen molar-refractivity contribution in [3.05, 3.63) is 28.0 Å². The second-order valence-corrected chi connectivity index (χ2v) is 3.70. The molecule has 0 N–H and O–H groups in total. The van der Waals surface area contributed by atoms with Crippen molar-refractivity contribution < 1.29 is 0 Å². The molecule has 60 valence electrons. The first-order valence-corrected chi connectivity index (χ1v) is 4.66. The summed E-state index contributed by atoms with van der Waals surface area (Å²) in [5, 5.41) is 8.86. The van der Waals surface area contributed by atoms with Gasteiger partial charge in [0.15, 0.2) is 0 Å². The van der Waals surface area contributed by atoms with Gasteiger partial charge < -0.3 is 0 Å². The second-order valence-electron chi connectivity index (χ2n) is 2.95. The zero-order chi connectivity index (χ0) is 8.55. The number of pyridine rings is 1. The molecule has 1 saturated carbocycles. The summed E-state index contributed by atoms with van der Waals surface area (Å²) >= 11 is 3.27. The Morgan fingerprint density at radius 1 is 1.58 bits per heavy atom. The van der Waals surface area contributed by atoms with Gasteiger partial charge >= 0.3 is 0 Å². The molecule has 0 spiro atoms. The average molecular weight is 223 g/mol. The highest BCUT2D eigenvalue weighted by Crippen LogP contribution is 2.42. The van der Waals surface area contributed by atoms with Crippen molar-refractivity contribution in [2.45, 2.75) is 18.8 Å². The molecule has 0 saturated heterocycles. The summed E-state index contributed by atoms with van der Waals surface area (Å²) < 4.78 is 0.675. The van der Waals surface area contributed by atoms with Crippen LogP contribution < -0.4 is 0 Å². The van der Waals surface area contributed by atoms with E-state index in [1.54, 1.807) is 6.20 Å². The monoisotopic (exact) mass is 222 g/mol. The van der Waals surface area contributed by atoms with Crippen LogP contribution in [-0.2, 0) is 0 Å². The lowest BCUT2D eigenvalue weighted by Gasteiger charge is -2.01. The maximum Gasteiger partial charge on any atom is 0.124 e. The highest BCUT2D eigenvalue weighted by atomic mass is 79.9. The van der Waals surface area contributed by atoms with E-state index >= 15 is 0 Å². The standard InChI is InChI=1S/C9H7BrN2/c10-9-8(5-11)7(3-4-12-9)6-1-2-6/h3-4,6H,1-2H2. The van der Waals surface area contributed by atoms with Gasteiger partial charge in [-0.3, -0.25) is 0 Å². The Labute approximate surface area is 79.4 Å². The van der Waals surface area contributed by atoms with Gasteiger partial charge in [0.2, 0.25) is 0 Å². The first-order valence-electron chi connectivity index (χ1n) is 3.87. The van der Waals surface area contributed by atoms with Gasteiger partial charge in [0.1, 0.15) is 10.7 Å². The van der Waals surface area contributed by atoms with Crippen LogP contribution in [0.4, 0.5) is 0 Å². The third-order valence-corrected chi connectivity index (χ3v) is 2.67. The third-order valence-electron chi connectivity index (χ3n) is 2.07. The molecule has 12 heavy (non-hydrogen) atoms. The summed E-state index contributed by atoms with van der Waals surface area (Å²) in [6, 6.07) is 4.12. The van der Waals surface area contributed by atoms with Crippen molar-refractivity contribution in [2.75, 3.05) is 0 Å². The van der Waals surface area contributed by atoms with Gasteiger partial charge in [0.25, 0.3) is 0 Å². The number of nitrogens with zero attached hydrogens (tertiary/aromatic N) is 2. The van der Waals surface area contributed by atoms with Crippen LogP contribution in [0.1, 0.15) is 29.9 Å². The predicted octanol–water partition coefficient (Wildman–Crippen LogP) is 2.59. The molecule has 2 nitrogen and oxygen atoms in total. The molecule has 0 atom stereocenters. The summed E-state index contributed by atoms with van der Waals surface area (Å²) in [5.74, 6) is 0.610. The first-order chi connectivity index (χ1) is 5.83. The Morgan fingerprint density at radius 3 is 2.92 bits per heavy atom. The molecule has 0 bridgehead atoms. The third kappa shape index (κ3) is 1.23. The van der Waals surface area contributed by atoms with E-state index < -0.39 is 0 Å². The summed E-state index contributed by atoms with van der Waals surface area (Å²) in [6.07, 6.45) is 4.18. The summed E-state index contributed by atoms with van der Waals surface area (Å²) in [5.41, 5.74) is 1.86. The number of aromatic nitrogens is 1. The lowest BCUT2D eigenvalue weighted by Crippen LogP contribution is -1.90. The smallest absolute Gasteiger partial charge is 0.124 e. The van der Waals surface area contributed by atoms with Crippen LogP contribution in [-0.4, -0.2) is 4.98 Å². The summed E-state index contributed by atoms with van der Waals surface area (Å²) in [4.78, 5) is 4.01. The van der Waals surface area contributed by atoms with Crippen LogP contribution in [0.15, 0.2) is 16.9 Å². The number of rotatable bonds is 1. The maximum atomic E-state index is 8.86. The highest BCUT2D eigenvalue weighted by molar-refractivity contribution is 9.10. The topological polar surface area (TPSA) is 36.7 Å². The van der Waals surface area contributed by atoms with Crippen LogP contribution in [0.25, 0.3) is 0 Å². The van der Waals surface area contributed by atoms with Crippen molar-refractivity contribution >= 4 is 15.9 Å². The maximum absolute atomic E-state index is 8.86. The number of hydrogen-bond donors (Lipinski definition) is 0. The average Bonchev–Trinajstić information content (AvgIpc) is 2.86. The van der Waals surface area contributed by atoms with Crippen LogP contribution in [0.5, 0.6) is 0 Å². The van der Waals surface area contributed by atoms with Crippen LogP contribution in [0.3, 0.4) is 0 Å². The van der Waals surface area contributed by atoms with E-state index in [0.29, 0.717) is 16.1 Å². The minimum absolute atomic E-state index is 0.610. The van der Waals surface area contributed by atoms with E-state index in [1.165, 1.54) is 12.8 Å². The van der Waals surface area contributed by atoms with E-state index in [4.69, 9.17) is 5.26 Å². The fraction of sp³-hybridized carbons (Fsp3) is 0.333. The largest absolute Gasteiger partial charge is 0.248 e. The van der Waals surface area contributed by atoms with Gasteiger partial charge in [-0.2, -0.15) is 5.26 Å². The SMILES string of the molecule is N#Cc1c(C2CC2)ccnc1Br. The van der Waals surface area contributed by atoms with Crippen molar-refractivity contribution in [2.24, 2.45) is 0 Å². The Kier molecular flexibility index (Phi) is 1.86. The van der Waals surface area contributed by atoms with Crippen LogP contribution >= 0.6 is 15.9 Å². The van der Waals surface area contributed by atoms with Crippen LogP contribution in [0.2, 0.25) is 0 Å². The minimum atomic E-state index is 0.610. The van der Waals surface area contributed by atoms with Gasteiger partial charge in [0, 0.05) is 6.20 Å². The Balaban J connectivity index is 2.53.